The Morgan fingerprint density at radius 1 is 1.29 bits per heavy atom. The van der Waals surface area contributed by atoms with E-state index in [0.29, 0.717) is 5.75 Å². The highest BCUT2D eigenvalue weighted by atomic mass is 79.9. The molecule has 0 bridgehead atoms. The minimum Gasteiger partial charge on any atom is -0.542 e. The molecule has 0 spiro atoms. The first kappa shape index (κ1) is 15.5. The summed E-state index contributed by atoms with van der Waals surface area (Å²) in [7, 11) is -1.95. The summed E-state index contributed by atoms with van der Waals surface area (Å²) in [6.07, 6.45) is 0. The van der Waals surface area contributed by atoms with Crippen molar-refractivity contribution in [3.63, 3.8) is 0 Å². The number of hydrogen-bond donors (Lipinski definition) is 0. The Morgan fingerprint density at radius 2 is 1.88 bits per heavy atom. The van der Waals surface area contributed by atoms with Crippen LogP contribution in [0.3, 0.4) is 0 Å². The minimum absolute atomic E-state index is 0.0856. The zero-order valence-corrected chi connectivity index (χ0v) is 15.1. The molecule has 0 N–H and O–H groups in total. The molecule has 0 saturated carbocycles. The molecule has 1 nitrogen and oxygen atoms in total. The molecule has 1 rings (SSSR count). The first-order valence-corrected chi connectivity index (χ1v) is 13.2. The lowest BCUT2D eigenvalue weighted by Gasteiger charge is -2.36. The lowest BCUT2D eigenvalue weighted by atomic mass is 10.2. The highest BCUT2D eigenvalue weighted by Gasteiger charge is 2.39. The smallest absolute Gasteiger partial charge is 0.506 e. The average Bonchev–Trinajstić information content (AvgIpc) is 2.19. The van der Waals surface area contributed by atoms with Crippen LogP contribution in [0.1, 0.15) is 20.8 Å². The first-order chi connectivity index (χ1) is 7.67. The van der Waals surface area contributed by atoms with Gasteiger partial charge in [-0.05, 0) is 30.3 Å². The third-order valence-corrected chi connectivity index (χ3v) is 10.4. The Labute approximate surface area is 120 Å². The molecule has 92 valence electrons. The van der Waals surface area contributed by atoms with Crippen molar-refractivity contribution in [3.8, 4) is 5.75 Å². The van der Waals surface area contributed by atoms with Gasteiger partial charge in [-0.15, -0.1) is 3.69 Å². The number of halogens is 2. The van der Waals surface area contributed by atoms with E-state index < -0.39 is 26.5 Å². The van der Waals surface area contributed by atoms with Gasteiger partial charge in [0, 0.05) is 0 Å². The summed E-state index contributed by atoms with van der Waals surface area (Å²) in [4.78, 5) is 0. The van der Waals surface area contributed by atoms with E-state index in [1.54, 1.807) is 12.1 Å². The Kier molecular flexibility index (Phi) is 5.09. The van der Waals surface area contributed by atoms with E-state index in [2.05, 4.69) is 46.7 Å². The fourth-order valence-corrected chi connectivity index (χ4v) is 3.67. The molecule has 0 fully saturated rings. The second-order valence-corrected chi connectivity index (χ2v) is 13.3. The molecule has 0 aliphatic rings. The van der Waals surface area contributed by atoms with Gasteiger partial charge in [0.05, 0.1) is 0 Å². The van der Waals surface area contributed by atoms with Crippen LogP contribution in [0.5, 0.6) is 5.75 Å². The van der Waals surface area contributed by atoms with Gasteiger partial charge in [-0.3, -0.25) is 12.9 Å². The molecule has 0 aliphatic carbocycles. The van der Waals surface area contributed by atoms with Crippen molar-refractivity contribution in [2.75, 3.05) is 0 Å². The van der Waals surface area contributed by atoms with Crippen molar-refractivity contribution < 1.29 is 8.82 Å². The molecular weight excluding hydrogens is 311 g/mol. The molecule has 1 aromatic carbocycles. The maximum atomic E-state index is 13.9. The summed E-state index contributed by atoms with van der Waals surface area (Å²) in [5, 5.41) is 0.0856. The normalized spacial score (nSPS) is 12.2. The van der Waals surface area contributed by atoms with Crippen molar-refractivity contribution in [3.05, 3.63) is 24.0 Å². The Hall–Kier alpha value is 0.413. The highest BCUT2D eigenvalue weighted by molar-refractivity contribution is 9.23. The van der Waals surface area contributed by atoms with Crippen molar-refractivity contribution in [1.29, 1.82) is 0 Å². The molecule has 0 unspecified atom stereocenters. The maximum absolute atomic E-state index is 13.9. The van der Waals surface area contributed by atoms with Gasteiger partial charge in [-0.2, -0.15) is 0 Å². The molecule has 0 amide bonds. The quantitative estimate of drug-likeness (QED) is 0.766. The third-order valence-electron chi connectivity index (χ3n) is 3.32. The Bertz CT molecular complexity index is 404. The van der Waals surface area contributed by atoms with Crippen LogP contribution in [0, 0.1) is 5.82 Å². The van der Waals surface area contributed by atoms with Gasteiger partial charge >= 0.3 is 18.2 Å². The third kappa shape index (κ3) is 3.94. The minimum atomic E-state index is -1.95. The lowest BCUT2D eigenvalue weighted by molar-refractivity contribution is 0.457. The number of hydrogen-bond acceptors (Lipinski definition) is 1. The van der Waals surface area contributed by atoms with Crippen LogP contribution in [-0.2, 0) is 0 Å². The summed E-state index contributed by atoms with van der Waals surface area (Å²) < 4.78 is 20.9. The predicted octanol–water partition coefficient (Wildman–Crippen LogP) is 3.85. The molecule has 0 aromatic heterocycles. The van der Waals surface area contributed by atoms with E-state index in [4.69, 9.17) is 4.43 Å². The van der Waals surface area contributed by atoms with Crippen LogP contribution in [-0.4, -0.2) is 26.5 Å². The largest absolute Gasteiger partial charge is 0.542 e. The van der Waals surface area contributed by atoms with Gasteiger partial charge in [-0.25, -0.2) is 4.39 Å². The summed E-state index contributed by atoms with van der Waals surface area (Å²) >= 11 is 2.96. The maximum Gasteiger partial charge on any atom is 0.506 e. The molecule has 0 saturated heterocycles. The van der Waals surface area contributed by atoms with Crippen LogP contribution in [0.4, 0.5) is 4.39 Å². The van der Waals surface area contributed by atoms with E-state index in [1.165, 1.54) is 0 Å². The standard InChI is InChI=1S/C12H18FOSi.BrH.Mg/c1-12(2,3)15(4,5)14-11-9-7-6-8-10(11)13;;/h7-9H,1-5H3;1H;/q;;+1/p-1. The number of benzene rings is 1. The van der Waals surface area contributed by atoms with E-state index in [-0.39, 0.29) is 10.9 Å². The molecule has 0 atom stereocenters. The zero-order chi connectivity index (χ0) is 13.3. The molecule has 0 radical (unpaired) electrons. The van der Waals surface area contributed by atoms with Gasteiger partial charge in [0.1, 0.15) is 5.75 Å². The van der Waals surface area contributed by atoms with Crippen molar-refractivity contribution >= 4 is 43.1 Å². The SMILES string of the molecule is CC(C)(C)[Si](C)(C)Oc1cc[c]([Mg][Br])cc1F. The topological polar surface area (TPSA) is 9.23 Å². The first-order valence-electron chi connectivity index (χ1n) is 5.71. The van der Waals surface area contributed by atoms with Crippen molar-refractivity contribution in [2.24, 2.45) is 0 Å². The summed E-state index contributed by atoms with van der Waals surface area (Å²) in [6.45, 7) is 10.7. The Balaban J connectivity index is 2.96. The predicted molar refractivity (Wildman–Crippen MR) is 78.5 cm³/mol. The molecule has 17 heavy (non-hydrogen) atoms. The molecule has 5 heteroatoms. The summed E-state index contributed by atoms with van der Waals surface area (Å²) in [5.41, 5.74) is 0. The molecule has 0 heterocycles. The van der Waals surface area contributed by atoms with Crippen molar-refractivity contribution in [2.45, 2.75) is 38.9 Å². The van der Waals surface area contributed by atoms with Crippen LogP contribution < -0.4 is 8.12 Å². The molecular formula is C12H18BrFMgOSi. The summed E-state index contributed by atoms with van der Waals surface area (Å²) in [5.74, 6) is 0.162. The van der Waals surface area contributed by atoms with Crippen LogP contribution >= 0.6 is 12.9 Å². The van der Waals surface area contributed by atoms with Gasteiger partial charge in [0.15, 0.2) is 5.82 Å². The average molecular weight is 330 g/mol. The monoisotopic (exact) mass is 328 g/mol. The van der Waals surface area contributed by atoms with E-state index in [1.807, 2.05) is 6.07 Å². The van der Waals surface area contributed by atoms with E-state index >= 15 is 0 Å². The van der Waals surface area contributed by atoms with Crippen LogP contribution in [0.2, 0.25) is 18.1 Å². The highest BCUT2D eigenvalue weighted by Crippen LogP contribution is 2.37. The fraction of sp³-hybridized carbons (Fsp3) is 0.500. The van der Waals surface area contributed by atoms with Gasteiger partial charge in [0.2, 0.25) is 0 Å². The van der Waals surface area contributed by atoms with E-state index in [9.17, 15) is 4.39 Å². The van der Waals surface area contributed by atoms with Gasteiger partial charge < -0.3 is 4.43 Å². The lowest BCUT2D eigenvalue weighted by Crippen LogP contribution is -2.44. The van der Waals surface area contributed by atoms with Crippen LogP contribution in [0.15, 0.2) is 18.2 Å². The Morgan fingerprint density at radius 3 is 2.29 bits per heavy atom. The van der Waals surface area contributed by atoms with Gasteiger partial charge in [0.25, 0.3) is 8.32 Å². The molecule has 0 aliphatic heterocycles. The fourth-order valence-electron chi connectivity index (χ4n) is 1.14. The van der Waals surface area contributed by atoms with Crippen molar-refractivity contribution in [1.82, 2.24) is 0 Å². The second-order valence-electron chi connectivity index (χ2n) is 5.76. The zero-order valence-electron chi connectivity index (χ0n) is 11.1. The summed E-state index contributed by atoms with van der Waals surface area (Å²) in [6, 6.07) is 5.30. The van der Waals surface area contributed by atoms with Gasteiger partial charge in [-0.1, -0.05) is 26.8 Å². The second kappa shape index (κ2) is 5.59. The number of rotatable bonds is 3. The van der Waals surface area contributed by atoms with E-state index in [0.717, 1.165) is 3.69 Å². The molecule has 1 aromatic rings. The van der Waals surface area contributed by atoms with Crippen LogP contribution in [0.25, 0.3) is 0 Å².